The highest BCUT2D eigenvalue weighted by Crippen LogP contribution is 2.18. The third-order valence-electron chi connectivity index (χ3n) is 2.87. The van der Waals surface area contributed by atoms with Crippen molar-refractivity contribution in [2.75, 3.05) is 0 Å². The highest BCUT2D eigenvalue weighted by Gasteiger charge is 2.11. The fourth-order valence-corrected chi connectivity index (χ4v) is 1.90. The summed E-state index contributed by atoms with van der Waals surface area (Å²) in [5.41, 5.74) is 2.23. The van der Waals surface area contributed by atoms with Gasteiger partial charge in [0.15, 0.2) is 5.76 Å². The molecule has 0 aliphatic rings. The molecule has 0 aromatic carbocycles. The van der Waals surface area contributed by atoms with Gasteiger partial charge in [-0.15, -0.1) is 0 Å². The number of aromatic nitrogens is 3. The molecule has 0 fully saturated rings. The molecule has 0 radical (unpaired) electrons. The van der Waals surface area contributed by atoms with Gasteiger partial charge in [-0.2, -0.15) is 0 Å². The van der Waals surface area contributed by atoms with E-state index >= 15 is 0 Å². The van der Waals surface area contributed by atoms with Gasteiger partial charge < -0.3 is 9.73 Å². The van der Waals surface area contributed by atoms with Crippen molar-refractivity contribution in [2.45, 2.75) is 6.54 Å². The lowest BCUT2D eigenvalue weighted by atomic mass is 10.1. The number of hydrogen-bond acceptors (Lipinski definition) is 5. The van der Waals surface area contributed by atoms with Crippen LogP contribution in [0.15, 0.2) is 59.7 Å². The minimum Gasteiger partial charge on any atom is -0.459 e. The average molecular weight is 280 g/mol. The average Bonchev–Trinajstić information content (AvgIpc) is 3.08. The zero-order chi connectivity index (χ0) is 14.5. The molecule has 1 N–H and O–H groups in total. The molecule has 21 heavy (non-hydrogen) atoms. The second-order valence-electron chi connectivity index (χ2n) is 4.25. The normalized spacial score (nSPS) is 10.3. The summed E-state index contributed by atoms with van der Waals surface area (Å²) in [7, 11) is 0. The molecule has 104 valence electrons. The number of pyridine rings is 1. The summed E-state index contributed by atoms with van der Waals surface area (Å²) in [5, 5.41) is 2.76. The number of nitrogens with one attached hydrogen (secondary N) is 1. The number of nitrogens with zero attached hydrogens (tertiary/aromatic N) is 3. The molecule has 3 rings (SSSR count). The predicted molar refractivity (Wildman–Crippen MR) is 75.1 cm³/mol. The Morgan fingerprint density at radius 1 is 1.14 bits per heavy atom. The van der Waals surface area contributed by atoms with Crippen LogP contribution in [0.1, 0.15) is 16.2 Å². The lowest BCUT2D eigenvalue weighted by Crippen LogP contribution is -2.23. The molecule has 0 saturated heterocycles. The summed E-state index contributed by atoms with van der Waals surface area (Å²) in [6, 6.07) is 7.00. The molecular formula is C15H12N4O2. The van der Waals surface area contributed by atoms with Gasteiger partial charge in [0.05, 0.1) is 24.2 Å². The van der Waals surface area contributed by atoms with Crippen molar-refractivity contribution in [3.05, 3.63) is 66.8 Å². The second kappa shape index (κ2) is 5.96. The van der Waals surface area contributed by atoms with Gasteiger partial charge in [-0.25, -0.2) is 0 Å². The first kappa shape index (κ1) is 13.0. The molecule has 0 aliphatic heterocycles. The van der Waals surface area contributed by atoms with Crippen LogP contribution in [0, 0.1) is 0 Å². The topological polar surface area (TPSA) is 80.9 Å². The van der Waals surface area contributed by atoms with Crippen molar-refractivity contribution in [2.24, 2.45) is 0 Å². The Labute approximate surface area is 120 Å². The molecular weight excluding hydrogens is 268 g/mol. The quantitative estimate of drug-likeness (QED) is 0.791. The van der Waals surface area contributed by atoms with Crippen LogP contribution in [0.3, 0.4) is 0 Å². The fraction of sp³-hybridized carbons (Fsp3) is 0.0667. The van der Waals surface area contributed by atoms with Crippen LogP contribution in [0.2, 0.25) is 0 Å². The number of furan rings is 1. The maximum atomic E-state index is 11.9. The number of amides is 1. The first-order valence-electron chi connectivity index (χ1n) is 6.36. The number of carbonyl (C=O) groups is 1. The largest absolute Gasteiger partial charge is 0.459 e. The van der Waals surface area contributed by atoms with E-state index in [1.165, 1.54) is 6.26 Å². The molecule has 1 amide bonds. The van der Waals surface area contributed by atoms with Gasteiger partial charge in [0.1, 0.15) is 0 Å². The van der Waals surface area contributed by atoms with Crippen molar-refractivity contribution in [3.63, 3.8) is 0 Å². The van der Waals surface area contributed by atoms with E-state index in [0.29, 0.717) is 11.4 Å². The highest BCUT2D eigenvalue weighted by atomic mass is 16.3. The van der Waals surface area contributed by atoms with Gasteiger partial charge in [-0.1, -0.05) is 0 Å². The van der Waals surface area contributed by atoms with Crippen molar-refractivity contribution < 1.29 is 9.21 Å². The van der Waals surface area contributed by atoms with Crippen LogP contribution in [0.5, 0.6) is 0 Å². The summed E-state index contributed by atoms with van der Waals surface area (Å²) in [5.74, 6) is -0.0235. The molecule has 6 heteroatoms. The van der Waals surface area contributed by atoms with Gasteiger partial charge in [0.2, 0.25) is 0 Å². The molecule has 0 saturated carbocycles. The van der Waals surface area contributed by atoms with E-state index in [-0.39, 0.29) is 18.2 Å². The smallest absolute Gasteiger partial charge is 0.287 e. The summed E-state index contributed by atoms with van der Waals surface area (Å²) in [6.45, 7) is 0.262. The van der Waals surface area contributed by atoms with E-state index in [2.05, 4.69) is 20.3 Å². The zero-order valence-electron chi connectivity index (χ0n) is 11.1. The molecule has 0 bridgehead atoms. The lowest BCUT2D eigenvalue weighted by molar-refractivity contribution is 0.0922. The highest BCUT2D eigenvalue weighted by molar-refractivity contribution is 5.91. The Balaban J connectivity index is 1.79. The monoisotopic (exact) mass is 280 g/mol. The molecule has 3 heterocycles. The van der Waals surface area contributed by atoms with E-state index in [1.54, 1.807) is 36.9 Å². The molecule has 3 aromatic rings. The Bertz CT molecular complexity index is 726. The lowest BCUT2D eigenvalue weighted by Gasteiger charge is -2.07. The molecule has 0 unspecified atom stereocenters. The standard InChI is InChI=1S/C15H12N4O2/c20-15(13-4-2-8-21-13)19-10-12-14(18-7-6-17-12)11-3-1-5-16-9-11/h1-9H,10H2,(H,19,20). The molecule has 0 atom stereocenters. The Morgan fingerprint density at radius 2 is 2.05 bits per heavy atom. The number of carbonyl (C=O) groups excluding carboxylic acids is 1. The van der Waals surface area contributed by atoms with Gasteiger partial charge in [-0.05, 0) is 24.3 Å². The summed E-state index contributed by atoms with van der Waals surface area (Å²) >= 11 is 0. The Hall–Kier alpha value is -3.02. The van der Waals surface area contributed by atoms with Crippen molar-refractivity contribution in [3.8, 4) is 11.3 Å². The van der Waals surface area contributed by atoms with E-state index in [0.717, 1.165) is 5.56 Å². The third kappa shape index (κ3) is 2.94. The van der Waals surface area contributed by atoms with Crippen LogP contribution in [0.25, 0.3) is 11.3 Å². The van der Waals surface area contributed by atoms with Crippen LogP contribution >= 0.6 is 0 Å². The predicted octanol–water partition coefficient (Wildman–Crippen LogP) is 2.06. The Morgan fingerprint density at radius 3 is 2.81 bits per heavy atom. The van der Waals surface area contributed by atoms with Crippen molar-refractivity contribution >= 4 is 5.91 Å². The van der Waals surface area contributed by atoms with Crippen LogP contribution < -0.4 is 5.32 Å². The minimum atomic E-state index is -0.289. The van der Waals surface area contributed by atoms with Crippen LogP contribution in [0.4, 0.5) is 0 Å². The molecule has 0 aliphatic carbocycles. The van der Waals surface area contributed by atoms with Gasteiger partial charge in [0, 0.05) is 30.4 Å². The molecule has 3 aromatic heterocycles. The Kier molecular flexibility index (Phi) is 3.68. The van der Waals surface area contributed by atoms with Gasteiger partial charge in [0.25, 0.3) is 5.91 Å². The summed E-state index contributed by atoms with van der Waals surface area (Å²) < 4.78 is 5.04. The molecule has 0 spiro atoms. The van der Waals surface area contributed by atoms with Crippen molar-refractivity contribution in [1.29, 1.82) is 0 Å². The van der Waals surface area contributed by atoms with E-state index in [9.17, 15) is 4.79 Å². The minimum absolute atomic E-state index is 0.262. The SMILES string of the molecule is O=C(NCc1nccnc1-c1cccnc1)c1ccco1. The van der Waals surface area contributed by atoms with Crippen LogP contribution in [-0.4, -0.2) is 20.9 Å². The maximum Gasteiger partial charge on any atom is 0.287 e. The summed E-state index contributed by atoms with van der Waals surface area (Å²) in [4.78, 5) is 24.5. The van der Waals surface area contributed by atoms with Crippen molar-refractivity contribution in [1.82, 2.24) is 20.3 Å². The van der Waals surface area contributed by atoms with Gasteiger partial charge >= 0.3 is 0 Å². The third-order valence-corrected chi connectivity index (χ3v) is 2.87. The number of hydrogen-bond donors (Lipinski definition) is 1. The fourth-order valence-electron chi connectivity index (χ4n) is 1.90. The van der Waals surface area contributed by atoms with Gasteiger partial charge in [-0.3, -0.25) is 19.7 Å². The maximum absolute atomic E-state index is 11.9. The zero-order valence-corrected chi connectivity index (χ0v) is 11.1. The van der Waals surface area contributed by atoms with Crippen LogP contribution in [-0.2, 0) is 6.54 Å². The number of rotatable bonds is 4. The first-order valence-corrected chi connectivity index (χ1v) is 6.36. The first-order chi connectivity index (χ1) is 10.3. The van der Waals surface area contributed by atoms with E-state index in [1.807, 2.05) is 12.1 Å². The molecule has 6 nitrogen and oxygen atoms in total. The van der Waals surface area contributed by atoms with E-state index in [4.69, 9.17) is 4.42 Å². The second-order valence-corrected chi connectivity index (χ2v) is 4.25. The summed E-state index contributed by atoms with van der Waals surface area (Å²) in [6.07, 6.45) is 8.06. The van der Waals surface area contributed by atoms with E-state index < -0.39 is 0 Å².